The fourth-order valence-electron chi connectivity index (χ4n) is 2.22. The molecule has 1 N–H and O–H groups in total. The molecule has 0 spiro atoms. The SMILES string of the molecule is CC1C(=O)NOc2cc(C(=O)c3ccc(Cl)cc3)ccc21. The molecule has 0 bridgehead atoms. The largest absolute Gasteiger partial charge is 0.379 e. The molecular formula is C16H12ClNO3. The number of nitrogens with one attached hydrogen (secondary N) is 1. The van der Waals surface area contributed by atoms with E-state index < -0.39 is 0 Å². The van der Waals surface area contributed by atoms with Gasteiger partial charge in [0.1, 0.15) is 0 Å². The first kappa shape index (κ1) is 13.6. The van der Waals surface area contributed by atoms with Crippen LogP contribution in [0.3, 0.4) is 0 Å². The summed E-state index contributed by atoms with van der Waals surface area (Å²) in [5, 5.41) is 0.580. The second-order valence-electron chi connectivity index (χ2n) is 4.88. The summed E-state index contributed by atoms with van der Waals surface area (Å²) in [6.07, 6.45) is 0. The third-order valence-electron chi connectivity index (χ3n) is 3.50. The molecule has 1 aliphatic heterocycles. The summed E-state index contributed by atoms with van der Waals surface area (Å²) < 4.78 is 0. The Balaban J connectivity index is 1.95. The lowest BCUT2D eigenvalue weighted by atomic mass is 9.95. The minimum atomic E-state index is -0.298. The molecule has 4 nitrogen and oxygen atoms in total. The van der Waals surface area contributed by atoms with Crippen molar-refractivity contribution in [2.75, 3.05) is 0 Å². The minimum absolute atomic E-state index is 0.123. The number of hydrogen-bond donors (Lipinski definition) is 1. The summed E-state index contributed by atoms with van der Waals surface area (Å²) in [7, 11) is 0. The van der Waals surface area contributed by atoms with Crippen molar-refractivity contribution in [1.29, 1.82) is 0 Å². The fraction of sp³-hybridized carbons (Fsp3) is 0.125. The van der Waals surface area contributed by atoms with Gasteiger partial charge in [-0.05, 0) is 37.3 Å². The molecule has 106 valence electrons. The Bertz CT molecular complexity index is 725. The molecule has 0 saturated carbocycles. The number of hydroxylamine groups is 1. The lowest BCUT2D eigenvalue weighted by Crippen LogP contribution is -2.35. The quantitative estimate of drug-likeness (QED) is 0.867. The maximum absolute atomic E-state index is 12.4. The fourth-order valence-corrected chi connectivity index (χ4v) is 2.35. The number of carbonyl (C=O) groups is 2. The van der Waals surface area contributed by atoms with Crippen LogP contribution in [0.2, 0.25) is 5.02 Å². The molecule has 1 aliphatic rings. The zero-order valence-corrected chi connectivity index (χ0v) is 12.0. The van der Waals surface area contributed by atoms with Crippen LogP contribution in [0.1, 0.15) is 34.3 Å². The van der Waals surface area contributed by atoms with E-state index >= 15 is 0 Å². The van der Waals surface area contributed by atoms with E-state index in [0.29, 0.717) is 21.9 Å². The number of fused-ring (bicyclic) bond motifs is 1. The van der Waals surface area contributed by atoms with Crippen molar-refractivity contribution in [3.05, 3.63) is 64.2 Å². The normalized spacial score (nSPS) is 16.7. The number of amides is 1. The highest BCUT2D eigenvalue weighted by molar-refractivity contribution is 6.30. The zero-order chi connectivity index (χ0) is 15.0. The minimum Gasteiger partial charge on any atom is -0.379 e. The topological polar surface area (TPSA) is 55.4 Å². The van der Waals surface area contributed by atoms with Gasteiger partial charge in [0.2, 0.25) is 0 Å². The van der Waals surface area contributed by atoms with Gasteiger partial charge < -0.3 is 4.84 Å². The molecule has 21 heavy (non-hydrogen) atoms. The Morgan fingerprint density at radius 1 is 1.14 bits per heavy atom. The maximum Gasteiger partial charge on any atom is 0.259 e. The van der Waals surface area contributed by atoms with Gasteiger partial charge in [-0.1, -0.05) is 23.7 Å². The van der Waals surface area contributed by atoms with Crippen LogP contribution in [0.25, 0.3) is 0 Å². The molecule has 2 aromatic rings. The second kappa shape index (κ2) is 5.22. The van der Waals surface area contributed by atoms with Crippen molar-refractivity contribution in [3.8, 4) is 5.75 Å². The first-order valence-corrected chi connectivity index (χ1v) is 6.85. The highest BCUT2D eigenvalue weighted by Gasteiger charge is 2.26. The van der Waals surface area contributed by atoms with Gasteiger partial charge in [0, 0.05) is 21.7 Å². The highest BCUT2D eigenvalue weighted by atomic mass is 35.5. The standard InChI is InChI=1S/C16H12ClNO3/c1-9-13-7-4-11(8-14(13)21-18-16(9)20)15(19)10-2-5-12(17)6-3-10/h2-9H,1H3,(H,18,20). The first-order chi connectivity index (χ1) is 10.1. The van der Waals surface area contributed by atoms with Crippen molar-refractivity contribution in [2.45, 2.75) is 12.8 Å². The third-order valence-corrected chi connectivity index (χ3v) is 3.76. The Kier molecular flexibility index (Phi) is 3.39. The molecule has 1 unspecified atom stereocenters. The molecule has 0 saturated heterocycles. The molecular weight excluding hydrogens is 290 g/mol. The summed E-state index contributed by atoms with van der Waals surface area (Å²) in [6.45, 7) is 1.79. The number of carbonyl (C=O) groups excluding carboxylic acids is 2. The Morgan fingerprint density at radius 3 is 2.52 bits per heavy atom. The van der Waals surface area contributed by atoms with E-state index in [0.717, 1.165) is 5.56 Å². The van der Waals surface area contributed by atoms with Gasteiger partial charge in [-0.2, -0.15) is 5.48 Å². The van der Waals surface area contributed by atoms with Crippen molar-refractivity contribution in [3.63, 3.8) is 0 Å². The predicted octanol–water partition coefficient (Wildman–Crippen LogP) is 3.10. The Hall–Kier alpha value is -2.33. The van der Waals surface area contributed by atoms with E-state index in [4.69, 9.17) is 16.4 Å². The number of halogens is 1. The summed E-state index contributed by atoms with van der Waals surface area (Å²) in [5.41, 5.74) is 4.15. The molecule has 5 heteroatoms. The molecule has 2 aromatic carbocycles. The van der Waals surface area contributed by atoms with E-state index in [-0.39, 0.29) is 17.6 Å². The number of ketones is 1. The summed E-state index contributed by atoms with van der Waals surface area (Å²) >= 11 is 5.82. The molecule has 1 amide bonds. The van der Waals surface area contributed by atoms with Crippen molar-refractivity contribution < 1.29 is 14.4 Å². The Labute approximate surface area is 126 Å². The molecule has 3 rings (SSSR count). The van der Waals surface area contributed by atoms with Gasteiger partial charge in [-0.25, -0.2) is 0 Å². The average Bonchev–Trinajstić information content (AvgIpc) is 2.51. The lowest BCUT2D eigenvalue weighted by Gasteiger charge is -2.22. The smallest absolute Gasteiger partial charge is 0.259 e. The molecule has 0 radical (unpaired) electrons. The second-order valence-corrected chi connectivity index (χ2v) is 5.32. The Morgan fingerprint density at radius 2 is 1.81 bits per heavy atom. The van der Waals surface area contributed by atoms with E-state index in [9.17, 15) is 9.59 Å². The number of benzene rings is 2. The molecule has 0 fully saturated rings. The lowest BCUT2D eigenvalue weighted by molar-refractivity contribution is -0.130. The van der Waals surface area contributed by atoms with Crippen LogP contribution in [0.5, 0.6) is 5.75 Å². The summed E-state index contributed by atoms with van der Waals surface area (Å²) in [5.74, 6) is -0.114. The molecule has 1 heterocycles. The third kappa shape index (κ3) is 2.50. The zero-order valence-electron chi connectivity index (χ0n) is 11.2. The van der Waals surface area contributed by atoms with E-state index in [1.807, 2.05) is 0 Å². The van der Waals surface area contributed by atoms with Crippen LogP contribution in [0, 0.1) is 0 Å². The first-order valence-electron chi connectivity index (χ1n) is 6.47. The van der Waals surface area contributed by atoms with Gasteiger partial charge in [0.15, 0.2) is 11.5 Å². The van der Waals surface area contributed by atoms with Gasteiger partial charge in [0.05, 0.1) is 5.92 Å². The number of hydrogen-bond acceptors (Lipinski definition) is 3. The van der Waals surface area contributed by atoms with Crippen LogP contribution in [-0.4, -0.2) is 11.7 Å². The van der Waals surface area contributed by atoms with E-state index in [2.05, 4.69) is 5.48 Å². The van der Waals surface area contributed by atoms with Crippen LogP contribution in [0.4, 0.5) is 0 Å². The van der Waals surface area contributed by atoms with Crippen molar-refractivity contribution >= 4 is 23.3 Å². The van der Waals surface area contributed by atoms with Gasteiger partial charge in [-0.3, -0.25) is 9.59 Å². The van der Waals surface area contributed by atoms with E-state index in [1.165, 1.54) is 0 Å². The predicted molar refractivity (Wildman–Crippen MR) is 78.5 cm³/mol. The maximum atomic E-state index is 12.4. The van der Waals surface area contributed by atoms with Crippen molar-refractivity contribution in [1.82, 2.24) is 5.48 Å². The number of rotatable bonds is 2. The van der Waals surface area contributed by atoms with Crippen LogP contribution >= 0.6 is 11.6 Å². The summed E-state index contributed by atoms with van der Waals surface area (Å²) in [6, 6.07) is 11.8. The monoisotopic (exact) mass is 301 g/mol. The van der Waals surface area contributed by atoms with Crippen LogP contribution < -0.4 is 10.3 Å². The van der Waals surface area contributed by atoms with Crippen molar-refractivity contribution in [2.24, 2.45) is 0 Å². The summed E-state index contributed by atoms with van der Waals surface area (Å²) in [4.78, 5) is 29.1. The molecule has 0 aliphatic carbocycles. The van der Waals surface area contributed by atoms with E-state index in [1.54, 1.807) is 49.4 Å². The molecule has 1 atom stereocenters. The van der Waals surface area contributed by atoms with Crippen LogP contribution in [-0.2, 0) is 4.79 Å². The van der Waals surface area contributed by atoms with Crippen LogP contribution in [0.15, 0.2) is 42.5 Å². The average molecular weight is 302 g/mol. The van der Waals surface area contributed by atoms with Gasteiger partial charge in [-0.15, -0.1) is 0 Å². The highest BCUT2D eigenvalue weighted by Crippen LogP contribution is 2.31. The van der Waals surface area contributed by atoms with Gasteiger partial charge >= 0.3 is 0 Å². The van der Waals surface area contributed by atoms with Gasteiger partial charge in [0.25, 0.3) is 5.91 Å². The molecule has 0 aromatic heterocycles.